The van der Waals surface area contributed by atoms with Gasteiger partial charge in [0.1, 0.15) is 0 Å². The normalized spacial score (nSPS) is 12.1. The number of nitrogens with zero attached hydrogens (tertiary/aromatic N) is 3. The van der Waals surface area contributed by atoms with Gasteiger partial charge in [0.25, 0.3) is 5.89 Å². The first-order chi connectivity index (χ1) is 11.0. The van der Waals surface area contributed by atoms with E-state index in [2.05, 4.69) is 15.2 Å². The lowest BCUT2D eigenvalue weighted by molar-refractivity contribution is 0.0277. The zero-order valence-corrected chi connectivity index (χ0v) is 13.8. The molecule has 0 saturated heterocycles. The van der Waals surface area contributed by atoms with Crippen molar-refractivity contribution in [3.8, 4) is 11.3 Å². The molecule has 0 saturated carbocycles. The van der Waals surface area contributed by atoms with Crippen LogP contribution in [0, 0.1) is 13.8 Å². The molecule has 0 N–H and O–H groups in total. The zero-order chi connectivity index (χ0) is 16.4. The van der Waals surface area contributed by atoms with Crippen molar-refractivity contribution in [2.24, 2.45) is 0 Å². The molecule has 0 aliphatic carbocycles. The molecule has 0 fully saturated rings. The minimum absolute atomic E-state index is 0.280. The van der Waals surface area contributed by atoms with Crippen LogP contribution < -0.4 is 0 Å². The number of aryl methyl sites for hydroxylation is 2. The van der Waals surface area contributed by atoms with Gasteiger partial charge in [-0.2, -0.15) is 0 Å². The van der Waals surface area contributed by atoms with E-state index in [1.807, 2.05) is 24.4 Å². The summed E-state index contributed by atoms with van der Waals surface area (Å²) < 4.78 is 10.6. The molecule has 0 spiro atoms. The van der Waals surface area contributed by atoms with Gasteiger partial charge in [0, 0.05) is 17.9 Å². The lowest BCUT2D eigenvalue weighted by atomic mass is 10.1. The highest BCUT2D eigenvalue weighted by Crippen LogP contribution is 2.24. The van der Waals surface area contributed by atoms with E-state index < -0.39 is 12.1 Å². The Hall–Kier alpha value is -2.54. The molecule has 7 heteroatoms. The van der Waals surface area contributed by atoms with Gasteiger partial charge in [-0.05, 0) is 26.0 Å². The molecule has 0 radical (unpaired) electrons. The van der Waals surface area contributed by atoms with Gasteiger partial charge in [-0.1, -0.05) is 12.1 Å². The average molecular weight is 329 g/mol. The summed E-state index contributed by atoms with van der Waals surface area (Å²) in [5.41, 5.74) is 2.18. The van der Waals surface area contributed by atoms with Gasteiger partial charge in [0.2, 0.25) is 5.89 Å². The summed E-state index contributed by atoms with van der Waals surface area (Å²) in [6, 6.07) is 7.19. The lowest BCUT2D eigenvalue weighted by Gasteiger charge is -2.09. The fourth-order valence-corrected chi connectivity index (χ4v) is 2.68. The van der Waals surface area contributed by atoms with E-state index in [1.54, 1.807) is 37.3 Å². The van der Waals surface area contributed by atoms with Gasteiger partial charge in [0.05, 0.1) is 16.3 Å². The van der Waals surface area contributed by atoms with E-state index in [1.165, 1.54) is 0 Å². The second kappa shape index (κ2) is 6.29. The molecule has 0 bridgehead atoms. The fraction of sp³-hybridized carbons (Fsp3) is 0.250. The second-order valence-electron chi connectivity index (χ2n) is 5.04. The summed E-state index contributed by atoms with van der Waals surface area (Å²) in [5, 5.41) is 10.5. The Balaban J connectivity index is 1.77. The minimum Gasteiger partial charge on any atom is -0.449 e. The van der Waals surface area contributed by atoms with Crippen molar-refractivity contribution < 1.29 is 13.9 Å². The average Bonchev–Trinajstić information content (AvgIpc) is 3.16. The number of rotatable bonds is 4. The molecule has 0 unspecified atom stereocenters. The van der Waals surface area contributed by atoms with Gasteiger partial charge in [-0.25, -0.2) is 9.78 Å². The van der Waals surface area contributed by atoms with Crippen LogP contribution in [0.1, 0.15) is 40.2 Å². The van der Waals surface area contributed by atoms with E-state index in [-0.39, 0.29) is 5.89 Å². The molecule has 6 nitrogen and oxygen atoms in total. The van der Waals surface area contributed by atoms with E-state index in [0.29, 0.717) is 11.5 Å². The fourth-order valence-electron chi connectivity index (χ4n) is 2.06. The van der Waals surface area contributed by atoms with Crippen LogP contribution in [0.3, 0.4) is 0 Å². The summed E-state index contributed by atoms with van der Waals surface area (Å²) >= 11 is 1.57. The van der Waals surface area contributed by atoms with Gasteiger partial charge >= 0.3 is 5.97 Å². The topological polar surface area (TPSA) is 78.1 Å². The van der Waals surface area contributed by atoms with E-state index in [0.717, 1.165) is 16.3 Å². The Morgan fingerprint density at radius 1 is 1.30 bits per heavy atom. The maximum Gasteiger partial charge on any atom is 0.338 e. The van der Waals surface area contributed by atoms with Crippen molar-refractivity contribution in [3.63, 3.8) is 0 Å². The smallest absolute Gasteiger partial charge is 0.338 e. The third-order valence-corrected chi connectivity index (χ3v) is 3.96. The summed E-state index contributed by atoms with van der Waals surface area (Å²) in [5.74, 6) is 0.271. The molecule has 0 amide bonds. The maximum absolute atomic E-state index is 12.3. The monoisotopic (exact) mass is 329 g/mol. The number of carbonyl (C=O) groups is 1. The van der Waals surface area contributed by atoms with Crippen LogP contribution in [-0.2, 0) is 4.74 Å². The van der Waals surface area contributed by atoms with Crippen LogP contribution in [0.2, 0.25) is 0 Å². The Morgan fingerprint density at radius 2 is 2.13 bits per heavy atom. The molecule has 1 aromatic carbocycles. The number of benzene rings is 1. The summed E-state index contributed by atoms with van der Waals surface area (Å²) in [6.45, 7) is 5.32. The quantitative estimate of drug-likeness (QED) is 0.679. The SMILES string of the molecule is Cc1nnc([C@@H](C)OC(=O)c2cccc(-c3csc(C)n3)c2)o1. The first-order valence-corrected chi connectivity index (χ1v) is 7.94. The van der Waals surface area contributed by atoms with Crippen molar-refractivity contribution in [1.82, 2.24) is 15.2 Å². The zero-order valence-electron chi connectivity index (χ0n) is 12.9. The lowest BCUT2D eigenvalue weighted by Crippen LogP contribution is -2.09. The Labute approximate surface area is 137 Å². The van der Waals surface area contributed by atoms with E-state index in [4.69, 9.17) is 9.15 Å². The van der Waals surface area contributed by atoms with Crippen molar-refractivity contribution in [2.45, 2.75) is 26.9 Å². The molecular formula is C16H15N3O3S. The highest BCUT2D eigenvalue weighted by molar-refractivity contribution is 7.09. The van der Waals surface area contributed by atoms with Crippen LogP contribution in [0.15, 0.2) is 34.1 Å². The number of hydrogen-bond donors (Lipinski definition) is 0. The number of aromatic nitrogens is 3. The summed E-state index contributed by atoms with van der Waals surface area (Å²) in [6.07, 6.45) is -0.603. The molecule has 0 aliphatic rings. The molecule has 1 atom stereocenters. The van der Waals surface area contributed by atoms with Crippen LogP contribution in [-0.4, -0.2) is 21.2 Å². The Bertz CT molecular complexity index is 840. The number of esters is 1. The minimum atomic E-state index is -0.603. The van der Waals surface area contributed by atoms with Crippen molar-refractivity contribution in [3.05, 3.63) is 52.0 Å². The predicted octanol–water partition coefficient (Wildman–Crippen LogP) is 3.73. The molecule has 3 aromatic rings. The van der Waals surface area contributed by atoms with Gasteiger partial charge in [0.15, 0.2) is 6.10 Å². The molecule has 3 rings (SSSR count). The molecule has 118 valence electrons. The third kappa shape index (κ3) is 3.45. The maximum atomic E-state index is 12.3. The summed E-state index contributed by atoms with van der Waals surface area (Å²) in [7, 11) is 0. The van der Waals surface area contributed by atoms with Crippen molar-refractivity contribution in [2.75, 3.05) is 0 Å². The highest BCUT2D eigenvalue weighted by Gasteiger charge is 2.19. The number of carbonyl (C=O) groups excluding carboxylic acids is 1. The van der Waals surface area contributed by atoms with Gasteiger partial charge < -0.3 is 9.15 Å². The van der Waals surface area contributed by atoms with Gasteiger partial charge in [-0.15, -0.1) is 21.5 Å². The van der Waals surface area contributed by atoms with E-state index >= 15 is 0 Å². The van der Waals surface area contributed by atoms with Crippen LogP contribution in [0.25, 0.3) is 11.3 Å². The first kappa shape index (κ1) is 15.4. The number of thiazole rings is 1. The molecule has 23 heavy (non-hydrogen) atoms. The van der Waals surface area contributed by atoms with Crippen molar-refractivity contribution >= 4 is 17.3 Å². The highest BCUT2D eigenvalue weighted by atomic mass is 32.1. The van der Waals surface area contributed by atoms with Crippen LogP contribution in [0.4, 0.5) is 0 Å². The molecule has 0 aliphatic heterocycles. The largest absolute Gasteiger partial charge is 0.449 e. The molecule has 2 aromatic heterocycles. The molecular weight excluding hydrogens is 314 g/mol. The Morgan fingerprint density at radius 3 is 2.78 bits per heavy atom. The van der Waals surface area contributed by atoms with Crippen molar-refractivity contribution in [1.29, 1.82) is 0 Å². The van der Waals surface area contributed by atoms with Gasteiger partial charge in [-0.3, -0.25) is 0 Å². The summed E-state index contributed by atoms with van der Waals surface area (Å²) in [4.78, 5) is 16.7. The number of hydrogen-bond acceptors (Lipinski definition) is 7. The second-order valence-corrected chi connectivity index (χ2v) is 6.10. The first-order valence-electron chi connectivity index (χ1n) is 7.06. The van der Waals surface area contributed by atoms with Crippen LogP contribution in [0.5, 0.6) is 0 Å². The third-order valence-electron chi connectivity index (χ3n) is 3.19. The predicted molar refractivity (Wildman–Crippen MR) is 85.2 cm³/mol. The van der Waals surface area contributed by atoms with E-state index in [9.17, 15) is 4.79 Å². The Kier molecular flexibility index (Phi) is 4.20. The standard InChI is InChI=1S/C16H15N3O3S/c1-9(15-19-18-10(2)22-15)21-16(20)13-6-4-5-12(7-13)14-8-23-11(3)17-14/h4-9H,1-3H3/t9-/m1/s1. The van der Waals surface area contributed by atoms with Crippen LogP contribution >= 0.6 is 11.3 Å². The molecule has 2 heterocycles. The number of ether oxygens (including phenoxy) is 1.